The normalized spacial score (nSPS) is 12.1. The van der Waals surface area contributed by atoms with E-state index in [1.807, 2.05) is 0 Å². The van der Waals surface area contributed by atoms with E-state index in [0.29, 0.717) is 28.5 Å². The number of hydrogen-bond donors (Lipinski definition) is 1. The van der Waals surface area contributed by atoms with Crippen molar-refractivity contribution in [2.75, 3.05) is 14.2 Å². The molecule has 106 valence electrons. The van der Waals surface area contributed by atoms with Crippen LogP contribution in [0.5, 0.6) is 11.8 Å². The summed E-state index contributed by atoms with van der Waals surface area (Å²) in [6, 6.07) is 1.76. The Bertz CT molecular complexity index is 619. The Morgan fingerprint density at radius 1 is 1.15 bits per heavy atom. The summed E-state index contributed by atoms with van der Waals surface area (Å²) in [7, 11) is 2.95. The van der Waals surface area contributed by atoms with Gasteiger partial charge >= 0.3 is 0 Å². The van der Waals surface area contributed by atoms with Crippen LogP contribution in [0.3, 0.4) is 0 Å². The number of aryl methyl sites for hydroxylation is 2. The molecule has 0 radical (unpaired) electrons. The Balaban J connectivity index is 2.47. The van der Waals surface area contributed by atoms with Gasteiger partial charge in [-0.1, -0.05) is 0 Å². The average Bonchev–Trinajstić information content (AvgIpc) is 2.48. The molecule has 2 aromatic heterocycles. The van der Waals surface area contributed by atoms with E-state index in [1.165, 1.54) is 20.4 Å². The molecule has 0 saturated carbocycles. The molecule has 1 N–H and O–H groups in total. The Kier molecular flexibility index (Phi) is 4.09. The summed E-state index contributed by atoms with van der Waals surface area (Å²) >= 11 is 0. The van der Waals surface area contributed by atoms with Gasteiger partial charge in [0.1, 0.15) is 11.8 Å². The number of ether oxygens (including phenoxy) is 2. The summed E-state index contributed by atoms with van der Waals surface area (Å²) in [6.07, 6.45) is 0.440. The van der Waals surface area contributed by atoms with E-state index in [9.17, 15) is 5.11 Å². The van der Waals surface area contributed by atoms with Crippen molar-refractivity contribution in [2.45, 2.75) is 20.0 Å². The van der Waals surface area contributed by atoms with Gasteiger partial charge in [0.05, 0.1) is 31.8 Å². The summed E-state index contributed by atoms with van der Waals surface area (Å²) in [4.78, 5) is 8.26. The van der Waals surface area contributed by atoms with Gasteiger partial charge in [-0.05, 0) is 19.9 Å². The van der Waals surface area contributed by atoms with Gasteiger partial charge in [-0.2, -0.15) is 15.2 Å². The van der Waals surface area contributed by atoms with Crippen molar-refractivity contribution in [2.24, 2.45) is 0 Å². The van der Waals surface area contributed by atoms with Crippen LogP contribution in [0.4, 0.5) is 0 Å². The second kappa shape index (κ2) is 5.79. The lowest BCUT2D eigenvalue weighted by Crippen LogP contribution is -2.10. The number of aliphatic hydroxyl groups is 1. The lowest BCUT2D eigenvalue weighted by molar-refractivity contribution is 0.205. The van der Waals surface area contributed by atoms with Crippen molar-refractivity contribution in [1.29, 1.82) is 0 Å². The Morgan fingerprint density at radius 3 is 2.55 bits per heavy atom. The SMILES string of the molecule is COc1cnc(C(O)c2cc(C)nnc2C)c(OC)n1. The molecular formula is C13H16N4O3. The molecule has 0 aliphatic heterocycles. The van der Waals surface area contributed by atoms with E-state index >= 15 is 0 Å². The molecule has 0 fully saturated rings. The van der Waals surface area contributed by atoms with Crippen LogP contribution in [0.25, 0.3) is 0 Å². The Hall–Kier alpha value is -2.28. The Labute approximate surface area is 116 Å². The molecule has 20 heavy (non-hydrogen) atoms. The van der Waals surface area contributed by atoms with Crippen LogP contribution >= 0.6 is 0 Å². The van der Waals surface area contributed by atoms with E-state index in [0.717, 1.165) is 0 Å². The highest BCUT2D eigenvalue weighted by Gasteiger charge is 2.21. The number of rotatable bonds is 4. The van der Waals surface area contributed by atoms with Gasteiger partial charge in [-0.15, -0.1) is 0 Å². The van der Waals surface area contributed by atoms with Crippen LogP contribution < -0.4 is 9.47 Å². The predicted octanol–water partition coefficient (Wildman–Crippen LogP) is 0.982. The number of aromatic nitrogens is 4. The van der Waals surface area contributed by atoms with Crippen LogP contribution in [0.2, 0.25) is 0 Å². The fourth-order valence-corrected chi connectivity index (χ4v) is 1.80. The van der Waals surface area contributed by atoms with Gasteiger partial charge in [0.25, 0.3) is 0 Å². The van der Waals surface area contributed by atoms with Crippen molar-refractivity contribution in [3.63, 3.8) is 0 Å². The smallest absolute Gasteiger partial charge is 0.241 e. The maximum absolute atomic E-state index is 10.5. The van der Waals surface area contributed by atoms with Crippen LogP contribution in [0.15, 0.2) is 12.3 Å². The largest absolute Gasteiger partial charge is 0.480 e. The highest BCUT2D eigenvalue weighted by atomic mass is 16.5. The predicted molar refractivity (Wildman–Crippen MR) is 70.7 cm³/mol. The third-order valence-corrected chi connectivity index (χ3v) is 2.84. The molecule has 1 atom stereocenters. The van der Waals surface area contributed by atoms with Crippen molar-refractivity contribution in [1.82, 2.24) is 20.2 Å². The molecule has 2 heterocycles. The fraction of sp³-hybridized carbons (Fsp3) is 0.385. The van der Waals surface area contributed by atoms with Gasteiger partial charge in [0.15, 0.2) is 0 Å². The van der Waals surface area contributed by atoms with Crippen molar-refractivity contribution in [3.8, 4) is 11.8 Å². The maximum atomic E-state index is 10.5. The van der Waals surface area contributed by atoms with E-state index in [4.69, 9.17) is 9.47 Å². The van der Waals surface area contributed by atoms with E-state index in [1.54, 1.807) is 19.9 Å². The van der Waals surface area contributed by atoms with Crippen molar-refractivity contribution < 1.29 is 14.6 Å². The minimum atomic E-state index is -0.988. The van der Waals surface area contributed by atoms with Gasteiger partial charge < -0.3 is 14.6 Å². The van der Waals surface area contributed by atoms with Crippen LogP contribution in [-0.4, -0.2) is 39.5 Å². The van der Waals surface area contributed by atoms with Gasteiger partial charge in [0.2, 0.25) is 11.8 Å². The second-order valence-corrected chi connectivity index (χ2v) is 4.24. The van der Waals surface area contributed by atoms with Gasteiger partial charge in [0, 0.05) is 5.56 Å². The molecule has 7 heteroatoms. The molecule has 7 nitrogen and oxygen atoms in total. The Morgan fingerprint density at radius 2 is 1.90 bits per heavy atom. The minimum Gasteiger partial charge on any atom is -0.480 e. The number of aliphatic hydroxyl groups excluding tert-OH is 1. The zero-order valence-corrected chi connectivity index (χ0v) is 11.8. The van der Waals surface area contributed by atoms with Crippen LogP contribution in [0, 0.1) is 13.8 Å². The first-order chi connectivity index (χ1) is 9.56. The molecule has 2 aromatic rings. The van der Waals surface area contributed by atoms with E-state index in [2.05, 4.69) is 20.2 Å². The summed E-state index contributed by atoms with van der Waals surface area (Å²) < 4.78 is 10.1. The van der Waals surface area contributed by atoms with E-state index < -0.39 is 6.10 Å². The zero-order chi connectivity index (χ0) is 14.7. The van der Waals surface area contributed by atoms with Crippen molar-refractivity contribution in [3.05, 3.63) is 34.9 Å². The lowest BCUT2D eigenvalue weighted by Gasteiger charge is -2.15. The topological polar surface area (TPSA) is 90.2 Å². The molecule has 0 amide bonds. The number of hydrogen-bond acceptors (Lipinski definition) is 7. The van der Waals surface area contributed by atoms with Crippen LogP contribution in [-0.2, 0) is 0 Å². The van der Waals surface area contributed by atoms with Crippen molar-refractivity contribution >= 4 is 0 Å². The quantitative estimate of drug-likeness (QED) is 0.890. The monoisotopic (exact) mass is 276 g/mol. The molecule has 0 saturated heterocycles. The van der Waals surface area contributed by atoms with Gasteiger partial charge in [-0.25, -0.2) is 4.98 Å². The first-order valence-corrected chi connectivity index (χ1v) is 6.00. The molecule has 0 spiro atoms. The molecule has 0 bridgehead atoms. The number of methoxy groups -OCH3 is 2. The highest BCUT2D eigenvalue weighted by Crippen LogP contribution is 2.29. The molecule has 1 unspecified atom stereocenters. The maximum Gasteiger partial charge on any atom is 0.241 e. The lowest BCUT2D eigenvalue weighted by atomic mass is 10.1. The second-order valence-electron chi connectivity index (χ2n) is 4.24. The minimum absolute atomic E-state index is 0.214. The molecule has 0 aromatic carbocycles. The first kappa shape index (κ1) is 14.1. The molecule has 0 aliphatic carbocycles. The zero-order valence-electron chi connectivity index (χ0n) is 11.8. The summed E-state index contributed by atoms with van der Waals surface area (Å²) in [5.74, 6) is 0.532. The van der Waals surface area contributed by atoms with Crippen LogP contribution in [0.1, 0.15) is 28.7 Å². The molecular weight excluding hydrogens is 260 g/mol. The third-order valence-electron chi connectivity index (χ3n) is 2.84. The fourth-order valence-electron chi connectivity index (χ4n) is 1.80. The summed E-state index contributed by atoms with van der Waals surface area (Å²) in [5.41, 5.74) is 2.27. The standard InChI is InChI=1S/C13H16N4O3/c1-7-5-9(8(2)17-16-7)12(18)11-13(20-4)15-10(19-3)6-14-11/h5-6,12,18H,1-4H3. The molecule has 0 aliphatic rings. The first-order valence-electron chi connectivity index (χ1n) is 6.00. The average molecular weight is 276 g/mol. The molecule has 2 rings (SSSR count). The summed E-state index contributed by atoms with van der Waals surface area (Å²) in [5, 5.41) is 18.4. The van der Waals surface area contributed by atoms with Gasteiger partial charge in [-0.3, -0.25) is 0 Å². The number of nitrogens with zero attached hydrogens (tertiary/aromatic N) is 4. The van der Waals surface area contributed by atoms with E-state index in [-0.39, 0.29) is 5.88 Å². The summed E-state index contributed by atoms with van der Waals surface area (Å²) in [6.45, 7) is 3.58. The third kappa shape index (κ3) is 2.67. The highest BCUT2D eigenvalue weighted by molar-refractivity contribution is 5.34.